The van der Waals surface area contributed by atoms with Gasteiger partial charge in [-0.05, 0) is 197 Å². The van der Waals surface area contributed by atoms with E-state index in [2.05, 4.69) is 375 Å². The van der Waals surface area contributed by atoms with Crippen molar-refractivity contribution >= 4 is 46.3 Å². The fourth-order valence-corrected chi connectivity index (χ4v) is 14.9. The van der Waals surface area contributed by atoms with Gasteiger partial charge in [0.2, 0.25) is 0 Å². The number of rotatable bonds is 19. The molecule has 16 rings (SSSR count). The molecule has 0 bridgehead atoms. The van der Waals surface area contributed by atoms with Crippen molar-refractivity contribution in [3.63, 3.8) is 0 Å². The van der Waals surface area contributed by atoms with E-state index >= 15 is 0 Å². The zero-order valence-electron chi connectivity index (χ0n) is 53.2. The van der Waals surface area contributed by atoms with Crippen molar-refractivity contribution in [3.8, 4) is 44.9 Å². The Labute approximate surface area is 562 Å². The van der Waals surface area contributed by atoms with Gasteiger partial charge in [-0.15, -0.1) is 0 Å². The molecule has 0 heterocycles. The summed E-state index contributed by atoms with van der Waals surface area (Å²) >= 11 is 0. The second-order valence-corrected chi connectivity index (χ2v) is 24.7. The van der Waals surface area contributed by atoms with Gasteiger partial charge in [0, 0.05) is 34.1 Å². The van der Waals surface area contributed by atoms with Crippen LogP contribution >= 0.6 is 0 Å². The molecule has 458 valence electrons. The molecule has 96 heavy (non-hydrogen) atoms. The Hall–Kier alpha value is -12.2. The van der Waals surface area contributed by atoms with Crippen LogP contribution in [-0.4, -0.2) is 0 Å². The summed E-state index contributed by atoms with van der Waals surface area (Å²) in [6.45, 7) is 8.77. The van der Waals surface area contributed by atoms with Crippen molar-refractivity contribution in [1.29, 1.82) is 0 Å². The van der Waals surface area contributed by atoms with Crippen LogP contribution in [0, 0.1) is 0 Å². The first kappa shape index (κ1) is 58.8. The monoisotopic (exact) mass is 1230 g/mol. The molecule has 2 atom stereocenters. The number of hydrogen-bond acceptors (Lipinski definition) is 4. The van der Waals surface area contributed by atoms with E-state index < -0.39 is 10.8 Å². The highest BCUT2D eigenvalue weighted by molar-refractivity contribution is 5.92. The smallest absolute Gasteiger partial charge is 0.119 e. The van der Waals surface area contributed by atoms with Crippen molar-refractivity contribution in [2.75, 3.05) is 9.80 Å². The normalized spacial score (nSPS) is 14.7. The largest absolute Gasteiger partial charge is 0.489 e. The third kappa shape index (κ3) is 10.5. The van der Waals surface area contributed by atoms with E-state index in [1.165, 1.54) is 66.8 Å². The molecule has 14 aromatic rings. The van der Waals surface area contributed by atoms with Gasteiger partial charge < -0.3 is 19.3 Å². The van der Waals surface area contributed by atoms with E-state index in [1.807, 2.05) is 12.2 Å². The molecule has 0 N–H and O–H groups in total. The van der Waals surface area contributed by atoms with E-state index in [0.717, 1.165) is 79.0 Å². The molecule has 0 spiro atoms. The van der Waals surface area contributed by atoms with E-state index in [4.69, 9.17) is 9.47 Å². The molecule has 0 radical (unpaired) electrons. The van der Waals surface area contributed by atoms with Crippen LogP contribution in [0.25, 0.3) is 45.5 Å². The minimum absolute atomic E-state index is 0.472. The van der Waals surface area contributed by atoms with Gasteiger partial charge in [-0.3, -0.25) is 0 Å². The molecule has 0 aliphatic heterocycles. The Morgan fingerprint density at radius 1 is 0.260 bits per heavy atom. The molecule has 4 heteroatoms. The highest BCUT2D eigenvalue weighted by atomic mass is 16.5. The van der Waals surface area contributed by atoms with E-state index in [-0.39, 0.29) is 0 Å². The van der Waals surface area contributed by atoms with Gasteiger partial charge in [0.05, 0.1) is 10.8 Å². The Balaban J connectivity index is 0.736. The molecule has 0 amide bonds. The van der Waals surface area contributed by atoms with Gasteiger partial charge in [-0.2, -0.15) is 0 Å². The fourth-order valence-electron chi connectivity index (χ4n) is 14.9. The van der Waals surface area contributed by atoms with E-state index in [1.54, 1.807) is 0 Å². The van der Waals surface area contributed by atoms with Gasteiger partial charge in [0.1, 0.15) is 24.7 Å². The Morgan fingerprint density at radius 2 is 0.562 bits per heavy atom. The number of fused-ring (bicyclic) bond motifs is 6. The maximum Gasteiger partial charge on any atom is 0.119 e. The lowest BCUT2D eigenvalue weighted by atomic mass is 9.67. The van der Waals surface area contributed by atoms with Crippen molar-refractivity contribution < 1.29 is 9.47 Å². The third-order valence-electron chi connectivity index (χ3n) is 19.4. The quantitative estimate of drug-likeness (QED) is 0.0806. The number of para-hydroxylation sites is 2. The van der Waals surface area contributed by atoms with Crippen LogP contribution in [0.2, 0.25) is 0 Å². The zero-order valence-corrected chi connectivity index (χ0v) is 53.2. The number of ether oxygens (including phenoxy) is 2. The number of anilines is 6. The molecule has 14 aromatic carbocycles. The summed E-state index contributed by atoms with van der Waals surface area (Å²) in [5, 5.41) is 0. The predicted octanol–water partition coefficient (Wildman–Crippen LogP) is 23.5. The van der Waals surface area contributed by atoms with E-state index in [9.17, 15) is 0 Å². The predicted molar refractivity (Wildman–Crippen MR) is 398 cm³/mol. The summed E-state index contributed by atoms with van der Waals surface area (Å²) in [6, 6.07) is 128. The van der Waals surface area contributed by atoms with Crippen LogP contribution in [0.3, 0.4) is 0 Å². The molecule has 4 nitrogen and oxygen atoms in total. The highest BCUT2D eigenvalue weighted by Gasteiger charge is 2.48. The number of hydrogen-bond donors (Lipinski definition) is 0. The van der Waals surface area contributed by atoms with Gasteiger partial charge in [0.25, 0.3) is 0 Å². The van der Waals surface area contributed by atoms with Crippen LogP contribution < -0.4 is 19.3 Å². The first-order chi connectivity index (χ1) is 47.5. The lowest BCUT2D eigenvalue weighted by Gasteiger charge is -2.35. The summed E-state index contributed by atoms with van der Waals surface area (Å²) in [5.74, 6) is 1.64. The maximum absolute atomic E-state index is 6.42. The Bertz CT molecular complexity index is 4770. The summed E-state index contributed by atoms with van der Waals surface area (Å²) in [6.07, 6.45) is 3.72. The standard InChI is InChI=1S/C92H68N2O2/c1-3-65-33-37-67(38-34-65)63-95-81-55-45-73(46-56-81)91(71-21-9-5-10-22-71)87-31-19-17-29-83(87)85-59-53-79(61-89(85)91)93(75-25-13-7-14-26-75)77-49-41-69(42-50-77)70-43-51-78(52-44-70)94(76-27-15-8-16-28-76)80-54-60-86-84-30-18-20-32-88(84)92(90(86)62-80,72-23-11-6-12-24-72)74-47-57-82(58-48-74)96-64-68-39-35-66(4-2)36-40-68/h3-62H,1-2,63-64H2. The molecule has 2 aliphatic carbocycles. The van der Waals surface area contributed by atoms with Gasteiger partial charge >= 0.3 is 0 Å². The number of benzene rings is 14. The second kappa shape index (κ2) is 25.3. The van der Waals surface area contributed by atoms with Crippen molar-refractivity contribution in [2.45, 2.75) is 24.0 Å². The summed E-state index contributed by atoms with van der Waals surface area (Å²) in [7, 11) is 0. The molecule has 2 aliphatic rings. The topological polar surface area (TPSA) is 24.9 Å². The minimum Gasteiger partial charge on any atom is -0.489 e. The van der Waals surface area contributed by atoms with Crippen molar-refractivity contribution in [2.24, 2.45) is 0 Å². The molecular formula is C92H68N2O2. The summed E-state index contributed by atoms with van der Waals surface area (Å²) < 4.78 is 12.8. The fraction of sp³-hybridized carbons (Fsp3) is 0.0435. The maximum atomic E-state index is 6.42. The second-order valence-electron chi connectivity index (χ2n) is 24.7. The average molecular weight is 1230 g/mol. The Kier molecular flexibility index (Phi) is 15.5. The molecular weight excluding hydrogens is 1170 g/mol. The molecule has 0 saturated heterocycles. The first-order valence-corrected chi connectivity index (χ1v) is 32.9. The molecule has 0 fully saturated rings. The van der Waals surface area contributed by atoms with Crippen LogP contribution in [-0.2, 0) is 24.0 Å². The number of nitrogens with zero attached hydrogens (tertiary/aromatic N) is 2. The Morgan fingerprint density at radius 3 is 0.927 bits per heavy atom. The molecule has 0 aromatic heterocycles. The van der Waals surface area contributed by atoms with Crippen LogP contribution in [0.1, 0.15) is 66.8 Å². The van der Waals surface area contributed by atoms with Gasteiger partial charge in [-0.1, -0.05) is 280 Å². The van der Waals surface area contributed by atoms with Crippen LogP contribution in [0.15, 0.2) is 365 Å². The SMILES string of the molecule is C=Cc1ccc(COc2ccc(C3(c4ccccc4)c4ccccc4-c4ccc(N(c5ccccc5)c5ccc(-c6ccc(N(c7ccccc7)c7ccc8c(c7)C(c7ccccc7)(c7ccc(OCc9ccc(C=C)cc9)cc7)c7ccccc7-8)cc6)cc5)cc43)cc2)cc1. The van der Waals surface area contributed by atoms with Gasteiger partial charge in [0.15, 0.2) is 0 Å². The summed E-state index contributed by atoms with van der Waals surface area (Å²) in [4.78, 5) is 4.78. The van der Waals surface area contributed by atoms with Gasteiger partial charge in [-0.25, -0.2) is 0 Å². The summed E-state index contributed by atoms with van der Waals surface area (Å²) in [5.41, 5.74) is 26.4. The average Bonchev–Trinajstić information content (AvgIpc) is 1.51. The van der Waals surface area contributed by atoms with Crippen molar-refractivity contribution in [1.82, 2.24) is 0 Å². The van der Waals surface area contributed by atoms with Crippen LogP contribution in [0.4, 0.5) is 34.1 Å². The lowest BCUT2D eigenvalue weighted by molar-refractivity contribution is 0.306. The van der Waals surface area contributed by atoms with Crippen molar-refractivity contribution in [3.05, 3.63) is 432 Å². The zero-order chi connectivity index (χ0) is 64.4. The van der Waals surface area contributed by atoms with E-state index in [0.29, 0.717) is 13.2 Å². The van der Waals surface area contributed by atoms with Crippen LogP contribution in [0.5, 0.6) is 11.5 Å². The molecule has 0 saturated carbocycles. The highest BCUT2D eigenvalue weighted by Crippen LogP contribution is 2.59. The first-order valence-electron chi connectivity index (χ1n) is 32.9. The third-order valence-corrected chi connectivity index (χ3v) is 19.4. The molecule has 2 unspecified atom stereocenters. The lowest BCUT2D eigenvalue weighted by Crippen LogP contribution is -2.28. The minimum atomic E-state index is -0.625.